The molecule has 0 atom stereocenters. The largest absolute Gasteiger partial charge is 0.369 e. The molecule has 5 nitrogen and oxygen atoms in total. The van der Waals surface area contributed by atoms with Crippen molar-refractivity contribution in [3.05, 3.63) is 30.3 Å². The van der Waals surface area contributed by atoms with Crippen LogP contribution in [0.5, 0.6) is 0 Å². The summed E-state index contributed by atoms with van der Waals surface area (Å²) < 4.78 is 0. The van der Waals surface area contributed by atoms with Crippen LogP contribution in [0.1, 0.15) is 13.8 Å². The first kappa shape index (κ1) is 16.8. The Morgan fingerprint density at radius 3 is 2.32 bits per heavy atom. The molecule has 0 aromatic heterocycles. The van der Waals surface area contributed by atoms with Crippen LogP contribution in [0.15, 0.2) is 30.3 Å². The van der Waals surface area contributed by atoms with Gasteiger partial charge in [-0.3, -0.25) is 9.69 Å². The Kier molecular flexibility index (Phi) is 5.42. The molecule has 1 fully saturated rings. The summed E-state index contributed by atoms with van der Waals surface area (Å²) in [5, 5.41) is 0. The van der Waals surface area contributed by atoms with E-state index >= 15 is 0 Å². The fourth-order valence-electron chi connectivity index (χ4n) is 2.75. The molecular formula is C17H28N4O. The van der Waals surface area contributed by atoms with Crippen LogP contribution in [-0.2, 0) is 4.79 Å². The van der Waals surface area contributed by atoms with E-state index < -0.39 is 5.54 Å². The van der Waals surface area contributed by atoms with E-state index in [2.05, 4.69) is 34.1 Å². The second-order valence-electron chi connectivity index (χ2n) is 6.61. The Bertz CT molecular complexity index is 475. The number of benzene rings is 1. The van der Waals surface area contributed by atoms with Crippen LogP contribution in [-0.4, -0.2) is 67.6 Å². The van der Waals surface area contributed by atoms with Crippen molar-refractivity contribution in [2.24, 2.45) is 5.73 Å². The van der Waals surface area contributed by atoms with Gasteiger partial charge >= 0.3 is 0 Å². The van der Waals surface area contributed by atoms with E-state index in [1.165, 1.54) is 5.69 Å². The van der Waals surface area contributed by atoms with Crippen LogP contribution in [0, 0.1) is 0 Å². The van der Waals surface area contributed by atoms with Crippen LogP contribution in [0.3, 0.4) is 0 Å². The first-order valence-corrected chi connectivity index (χ1v) is 7.95. The molecule has 1 amide bonds. The van der Waals surface area contributed by atoms with Crippen LogP contribution >= 0.6 is 0 Å². The van der Waals surface area contributed by atoms with Gasteiger partial charge in [-0.2, -0.15) is 0 Å². The fourth-order valence-corrected chi connectivity index (χ4v) is 2.75. The number of piperazine rings is 1. The third kappa shape index (κ3) is 4.45. The second kappa shape index (κ2) is 7.11. The summed E-state index contributed by atoms with van der Waals surface area (Å²) in [4.78, 5) is 18.6. The van der Waals surface area contributed by atoms with Crippen LogP contribution in [0.2, 0.25) is 0 Å². The number of likely N-dealkylation sites (N-methyl/N-ethyl adjacent to an activating group) is 1. The number of hydrogen-bond donors (Lipinski definition) is 1. The molecule has 0 bridgehead atoms. The maximum Gasteiger partial charge on any atom is 0.241 e. The lowest BCUT2D eigenvalue weighted by Gasteiger charge is -2.37. The van der Waals surface area contributed by atoms with Crippen molar-refractivity contribution in [3.8, 4) is 0 Å². The van der Waals surface area contributed by atoms with Crippen molar-refractivity contribution < 1.29 is 4.79 Å². The first-order chi connectivity index (χ1) is 10.4. The third-order valence-corrected chi connectivity index (χ3v) is 4.14. The molecule has 2 N–H and O–H groups in total. The van der Waals surface area contributed by atoms with Crippen molar-refractivity contribution in [2.45, 2.75) is 19.4 Å². The van der Waals surface area contributed by atoms with Crippen molar-refractivity contribution in [1.29, 1.82) is 0 Å². The minimum absolute atomic E-state index is 0.00424. The summed E-state index contributed by atoms with van der Waals surface area (Å²) in [5.41, 5.74) is 6.36. The molecule has 0 radical (unpaired) electrons. The highest BCUT2D eigenvalue weighted by Crippen LogP contribution is 2.15. The Hall–Kier alpha value is -1.59. The van der Waals surface area contributed by atoms with Gasteiger partial charge in [0.05, 0.1) is 5.54 Å². The number of para-hydroxylation sites is 1. The van der Waals surface area contributed by atoms with Gasteiger partial charge in [0, 0.05) is 52.0 Å². The van der Waals surface area contributed by atoms with E-state index in [-0.39, 0.29) is 5.91 Å². The zero-order valence-electron chi connectivity index (χ0n) is 14.0. The molecule has 0 spiro atoms. The average molecular weight is 304 g/mol. The first-order valence-electron chi connectivity index (χ1n) is 7.95. The zero-order chi connectivity index (χ0) is 16.2. The molecule has 1 saturated heterocycles. The summed E-state index contributed by atoms with van der Waals surface area (Å²) in [6.45, 7) is 9.26. The highest BCUT2D eigenvalue weighted by molar-refractivity contribution is 5.84. The smallest absolute Gasteiger partial charge is 0.241 e. The Morgan fingerprint density at radius 2 is 1.77 bits per heavy atom. The lowest BCUT2D eigenvalue weighted by atomic mass is 10.1. The summed E-state index contributed by atoms with van der Waals surface area (Å²) >= 11 is 0. The molecule has 0 aliphatic carbocycles. The molecular weight excluding hydrogens is 276 g/mol. The molecule has 2 rings (SSSR count). The highest BCUT2D eigenvalue weighted by Gasteiger charge is 2.26. The van der Waals surface area contributed by atoms with Gasteiger partial charge in [0.25, 0.3) is 0 Å². The van der Waals surface area contributed by atoms with Crippen molar-refractivity contribution in [3.63, 3.8) is 0 Å². The highest BCUT2D eigenvalue weighted by atomic mass is 16.2. The second-order valence-corrected chi connectivity index (χ2v) is 6.61. The zero-order valence-corrected chi connectivity index (χ0v) is 14.0. The minimum Gasteiger partial charge on any atom is -0.369 e. The topological polar surface area (TPSA) is 52.8 Å². The van der Waals surface area contributed by atoms with Gasteiger partial charge in [0.2, 0.25) is 5.91 Å². The van der Waals surface area contributed by atoms with Gasteiger partial charge in [-0.15, -0.1) is 0 Å². The fraction of sp³-hybridized carbons (Fsp3) is 0.588. The van der Waals surface area contributed by atoms with Crippen molar-refractivity contribution >= 4 is 11.6 Å². The van der Waals surface area contributed by atoms with Gasteiger partial charge < -0.3 is 15.5 Å². The Morgan fingerprint density at radius 1 is 1.18 bits per heavy atom. The Labute approximate surface area is 133 Å². The van der Waals surface area contributed by atoms with Gasteiger partial charge in [-0.25, -0.2) is 0 Å². The van der Waals surface area contributed by atoms with Gasteiger partial charge in [-0.05, 0) is 26.0 Å². The standard InChI is InChI=1S/C17H28N4O/c1-17(2,18)16(22)19(3)9-10-20-11-13-21(14-12-20)15-7-5-4-6-8-15/h4-8H,9-14,18H2,1-3H3. The van der Waals surface area contributed by atoms with E-state index in [0.717, 1.165) is 39.3 Å². The van der Waals surface area contributed by atoms with Crippen LogP contribution in [0.25, 0.3) is 0 Å². The molecule has 1 aliphatic rings. The molecule has 1 aromatic rings. The maximum atomic E-state index is 12.0. The quantitative estimate of drug-likeness (QED) is 0.882. The lowest BCUT2D eigenvalue weighted by molar-refractivity contribution is -0.134. The molecule has 0 unspecified atom stereocenters. The van der Waals surface area contributed by atoms with E-state index in [9.17, 15) is 4.79 Å². The van der Waals surface area contributed by atoms with E-state index in [1.807, 2.05) is 13.1 Å². The SMILES string of the molecule is CN(CCN1CCN(c2ccccc2)CC1)C(=O)C(C)(C)N. The number of amides is 1. The number of carbonyl (C=O) groups excluding carboxylic acids is 1. The van der Waals surface area contributed by atoms with E-state index in [1.54, 1.807) is 18.7 Å². The third-order valence-electron chi connectivity index (χ3n) is 4.14. The average Bonchev–Trinajstić information content (AvgIpc) is 2.52. The number of nitrogens with two attached hydrogens (primary N) is 1. The number of rotatable bonds is 5. The monoisotopic (exact) mass is 304 g/mol. The molecule has 1 aromatic carbocycles. The molecule has 0 saturated carbocycles. The molecule has 5 heteroatoms. The number of nitrogens with zero attached hydrogens (tertiary/aromatic N) is 3. The van der Waals surface area contributed by atoms with Crippen molar-refractivity contribution in [1.82, 2.24) is 9.80 Å². The van der Waals surface area contributed by atoms with Gasteiger partial charge in [-0.1, -0.05) is 18.2 Å². The van der Waals surface area contributed by atoms with E-state index in [0.29, 0.717) is 0 Å². The van der Waals surface area contributed by atoms with Crippen molar-refractivity contribution in [2.75, 3.05) is 51.2 Å². The summed E-state index contributed by atoms with van der Waals surface area (Å²) in [6.07, 6.45) is 0. The van der Waals surface area contributed by atoms with Gasteiger partial charge in [0.1, 0.15) is 0 Å². The number of hydrogen-bond acceptors (Lipinski definition) is 4. The van der Waals surface area contributed by atoms with E-state index in [4.69, 9.17) is 5.73 Å². The molecule has 122 valence electrons. The maximum absolute atomic E-state index is 12.0. The van der Waals surface area contributed by atoms with Gasteiger partial charge in [0.15, 0.2) is 0 Å². The normalized spacial score (nSPS) is 16.6. The molecule has 1 heterocycles. The number of carbonyl (C=O) groups is 1. The molecule has 22 heavy (non-hydrogen) atoms. The summed E-state index contributed by atoms with van der Waals surface area (Å²) in [5.74, 6) is -0.00424. The van der Waals surface area contributed by atoms with Crippen LogP contribution in [0.4, 0.5) is 5.69 Å². The summed E-state index contributed by atoms with van der Waals surface area (Å²) in [7, 11) is 1.83. The minimum atomic E-state index is -0.791. The number of anilines is 1. The summed E-state index contributed by atoms with van der Waals surface area (Å²) in [6, 6.07) is 10.5. The molecule has 1 aliphatic heterocycles. The Balaban J connectivity index is 1.75. The lowest BCUT2D eigenvalue weighted by Crippen LogP contribution is -2.53. The predicted molar refractivity (Wildman–Crippen MR) is 91.0 cm³/mol. The predicted octanol–water partition coefficient (Wildman–Crippen LogP) is 1.00. The van der Waals surface area contributed by atoms with Crippen LogP contribution < -0.4 is 10.6 Å².